The summed E-state index contributed by atoms with van der Waals surface area (Å²) in [5, 5.41) is -0.459. The van der Waals surface area contributed by atoms with E-state index in [1.54, 1.807) is 18.2 Å². The summed E-state index contributed by atoms with van der Waals surface area (Å²) in [4.78, 5) is 0. The molecule has 0 atom stereocenters. The minimum atomic E-state index is -4.52. The van der Waals surface area contributed by atoms with E-state index in [9.17, 15) is 13.2 Å². The molecule has 0 fully saturated rings. The Bertz CT molecular complexity index is 624. The molecule has 8 heteroatoms. The van der Waals surface area contributed by atoms with Crippen LogP contribution in [0.2, 0.25) is 10.0 Å². The topological polar surface area (TPSA) is 35.2 Å². The number of benzene rings is 2. The maximum Gasteiger partial charge on any atom is 0.416 e. The third kappa shape index (κ3) is 4.33. The first-order chi connectivity index (χ1) is 9.27. The van der Waals surface area contributed by atoms with Crippen LogP contribution in [0.4, 0.5) is 18.9 Å². The number of ether oxygens (including phenoxy) is 1. The molecule has 0 unspecified atom stereocenters. The van der Waals surface area contributed by atoms with Crippen LogP contribution in [0.15, 0.2) is 36.4 Å². The largest absolute Gasteiger partial charge is 0.454 e. The molecule has 0 radical (unpaired) electrons. The van der Waals surface area contributed by atoms with Crippen LogP contribution in [-0.2, 0) is 6.18 Å². The third-order valence-electron chi connectivity index (χ3n) is 2.40. The molecule has 114 valence electrons. The van der Waals surface area contributed by atoms with Crippen LogP contribution < -0.4 is 10.5 Å². The zero-order valence-electron chi connectivity index (χ0n) is 10.2. The highest BCUT2D eigenvalue weighted by molar-refractivity contribution is 6.37. The van der Waals surface area contributed by atoms with Crippen molar-refractivity contribution in [1.82, 2.24) is 0 Å². The predicted octanol–water partition coefficient (Wildman–Crippen LogP) is 5.81. The molecule has 2 aromatic rings. The van der Waals surface area contributed by atoms with Crippen molar-refractivity contribution in [3.8, 4) is 11.5 Å². The Balaban J connectivity index is 0.00000220. The van der Waals surface area contributed by atoms with Crippen molar-refractivity contribution >= 4 is 41.3 Å². The first kappa shape index (κ1) is 17.8. The van der Waals surface area contributed by atoms with Crippen molar-refractivity contribution < 1.29 is 17.9 Å². The van der Waals surface area contributed by atoms with Crippen LogP contribution >= 0.6 is 35.6 Å². The van der Waals surface area contributed by atoms with Crippen molar-refractivity contribution in [3.05, 3.63) is 52.0 Å². The normalized spacial score (nSPS) is 10.9. The second kappa shape index (κ2) is 6.64. The Morgan fingerprint density at radius 3 is 2.05 bits per heavy atom. The van der Waals surface area contributed by atoms with Gasteiger partial charge >= 0.3 is 6.18 Å². The molecule has 0 saturated carbocycles. The van der Waals surface area contributed by atoms with Gasteiger partial charge in [-0.05, 0) is 24.3 Å². The zero-order valence-corrected chi connectivity index (χ0v) is 12.6. The highest BCUT2D eigenvalue weighted by atomic mass is 35.5. The first-order valence-electron chi connectivity index (χ1n) is 5.37. The van der Waals surface area contributed by atoms with Crippen LogP contribution in [0, 0.1) is 0 Å². The number of nitrogens with two attached hydrogens (primary N) is 1. The molecular weight excluding hydrogens is 350 g/mol. The Labute approximate surface area is 135 Å². The maximum absolute atomic E-state index is 12.6. The molecule has 0 amide bonds. The Morgan fingerprint density at radius 1 is 1.00 bits per heavy atom. The number of halogens is 6. The van der Waals surface area contributed by atoms with Crippen molar-refractivity contribution in [1.29, 1.82) is 0 Å². The fourth-order valence-corrected chi connectivity index (χ4v) is 2.08. The number of nitrogen functional groups attached to an aromatic ring is 1. The van der Waals surface area contributed by atoms with Gasteiger partial charge in [0.2, 0.25) is 0 Å². The number of rotatable bonds is 2. The van der Waals surface area contributed by atoms with Crippen LogP contribution in [0.5, 0.6) is 11.5 Å². The Hall–Kier alpha value is -1.30. The van der Waals surface area contributed by atoms with Gasteiger partial charge in [-0.1, -0.05) is 29.3 Å². The third-order valence-corrected chi connectivity index (χ3v) is 2.97. The quantitative estimate of drug-likeness (QED) is 0.688. The summed E-state index contributed by atoms with van der Waals surface area (Å²) in [5.74, 6) is 0.278. The summed E-state index contributed by atoms with van der Waals surface area (Å²) in [6.07, 6.45) is -4.52. The van der Waals surface area contributed by atoms with E-state index < -0.39 is 11.7 Å². The van der Waals surface area contributed by atoms with Gasteiger partial charge in [-0.25, -0.2) is 0 Å². The molecule has 2 aromatic carbocycles. The van der Waals surface area contributed by atoms with E-state index in [4.69, 9.17) is 33.7 Å². The average molecular weight is 359 g/mol. The molecule has 2 nitrogen and oxygen atoms in total. The lowest BCUT2D eigenvalue weighted by Crippen LogP contribution is -2.05. The summed E-state index contributed by atoms with van der Waals surface area (Å²) in [7, 11) is 0. The van der Waals surface area contributed by atoms with Crippen LogP contribution in [0.3, 0.4) is 0 Å². The fraction of sp³-hybridized carbons (Fsp3) is 0.0769. The van der Waals surface area contributed by atoms with Gasteiger partial charge in [-0.15, -0.1) is 12.4 Å². The lowest BCUT2D eigenvalue weighted by Gasteiger charge is -2.13. The number of hydrogen-bond donors (Lipinski definition) is 1. The van der Waals surface area contributed by atoms with Gasteiger partial charge in [0, 0.05) is 11.8 Å². The molecule has 0 aromatic heterocycles. The summed E-state index contributed by atoms with van der Waals surface area (Å²) in [6.45, 7) is 0. The molecular formula is C13H9Cl3F3NO. The van der Waals surface area contributed by atoms with E-state index in [0.29, 0.717) is 11.4 Å². The predicted molar refractivity (Wildman–Crippen MR) is 79.6 cm³/mol. The summed E-state index contributed by atoms with van der Waals surface area (Å²) < 4.78 is 43.1. The van der Waals surface area contributed by atoms with Crippen molar-refractivity contribution in [2.24, 2.45) is 0 Å². The van der Waals surface area contributed by atoms with Gasteiger partial charge in [0.05, 0.1) is 15.6 Å². The van der Waals surface area contributed by atoms with E-state index in [1.165, 1.54) is 6.07 Å². The van der Waals surface area contributed by atoms with E-state index in [1.807, 2.05) is 0 Å². The number of hydrogen-bond acceptors (Lipinski definition) is 2. The SMILES string of the molecule is Cl.Nc1cccc(Oc2c(Cl)cc(C(F)(F)F)cc2Cl)c1. The summed E-state index contributed by atoms with van der Waals surface area (Å²) in [5.41, 5.74) is 5.08. The molecule has 0 bridgehead atoms. The summed E-state index contributed by atoms with van der Waals surface area (Å²) >= 11 is 11.6. The number of anilines is 1. The second-order valence-electron chi connectivity index (χ2n) is 3.94. The first-order valence-corrected chi connectivity index (χ1v) is 6.12. The second-order valence-corrected chi connectivity index (χ2v) is 4.76. The molecule has 0 saturated heterocycles. The highest BCUT2D eigenvalue weighted by Crippen LogP contribution is 2.41. The Kier molecular flexibility index (Phi) is 5.61. The van der Waals surface area contributed by atoms with Gasteiger partial charge in [0.25, 0.3) is 0 Å². The standard InChI is InChI=1S/C13H8Cl2F3NO.ClH/c14-10-4-7(13(16,17)18)5-11(15)12(10)20-9-3-1-2-8(19)6-9;/h1-6H,19H2;1H. The van der Waals surface area contributed by atoms with Crippen molar-refractivity contribution in [2.75, 3.05) is 5.73 Å². The van der Waals surface area contributed by atoms with Gasteiger partial charge < -0.3 is 10.5 Å². The fourth-order valence-electron chi connectivity index (χ4n) is 1.52. The molecule has 0 aliphatic carbocycles. The smallest absolute Gasteiger partial charge is 0.416 e. The average Bonchev–Trinajstić information content (AvgIpc) is 2.32. The molecule has 0 aliphatic heterocycles. The van der Waals surface area contributed by atoms with Crippen LogP contribution in [0.1, 0.15) is 5.56 Å². The van der Waals surface area contributed by atoms with E-state index in [2.05, 4.69) is 0 Å². The van der Waals surface area contributed by atoms with Gasteiger partial charge in [-0.3, -0.25) is 0 Å². The van der Waals surface area contributed by atoms with Gasteiger partial charge in [-0.2, -0.15) is 13.2 Å². The van der Waals surface area contributed by atoms with E-state index >= 15 is 0 Å². The molecule has 0 heterocycles. The van der Waals surface area contributed by atoms with Crippen molar-refractivity contribution in [2.45, 2.75) is 6.18 Å². The molecule has 2 rings (SSSR count). The van der Waals surface area contributed by atoms with Crippen LogP contribution in [-0.4, -0.2) is 0 Å². The lowest BCUT2D eigenvalue weighted by atomic mass is 10.2. The molecule has 21 heavy (non-hydrogen) atoms. The highest BCUT2D eigenvalue weighted by Gasteiger charge is 2.32. The summed E-state index contributed by atoms with van der Waals surface area (Å²) in [6, 6.07) is 7.88. The van der Waals surface area contributed by atoms with Gasteiger partial charge in [0.15, 0.2) is 5.75 Å². The van der Waals surface area contributed by atoms with Crippen molar-refractivity contribution in [3.63, 3.8) is 0 Å². The molecule has 0 spiro atoms. The molecule has 0 aliphatic rings. The van der Waals surface area contributed by atoms with Crippen LogP contribution in [0.25, 0.3) is 0 Å². The minimum Gasteiger partial charge on any atom is -0.454 e. The van der Waals surface area contributed by atoms with E-state index in [0.717, 1.165) is 12.1 Å². The van der Waals surface area contributed by atoms with Gasteiger partial charge in [0.1, 0.15) is 5.75 Å². The van der Waals surface area contributed by atoms with E-state index in [-0.39, 0.29) is 28.2 Å². The Morgan fingerprint density at radius 2 is 1.57 bits per heavy atom. The number of alkyl halides is 3. The zero-order chi connectivity index (χ0) is 14.9. The maximum atomic E-state index is 12.6. The molecule has 2 N–H and O–H groups in total. The minimum absolute atomic E-state index is 0. The monoisotopic (exact) mass is 357 g/mol. The lowest BCUT2D eigenvalue weighted by molar-refractivity contribution is -0.137.